The zero-order valence-corrected chi connectivity index (χ0v) is 11.7. The fraction of sp³-hybridized carbons (Fsp3) is 0.500. The molecule has 7 heteroatoms. The van der Waals surface area contributed by atoms with Crippen LogP contribution in [0.4, 0.5) is 17.6 Å². The molecule has 1 amide bonds. The zero-order valence-electron chi connectivity index (χ0n) is 11.7. The van der Waals surface area contributed by atoms with Crippen LogP contribution in [-0.2, 0) is 6.18 Å². The molecule has 0 spiro atoms. The van der Waals surface area contributed by atoms with Crippen molar-refractivity contribution in [2.24, 2.45) is 5.73 Å². The molecule has 0 radical (unpaired) electrons. The van der Waals surface area contributed by atoms with Crippen molar-refractivity contribution in [1.82, 2.24) is 4.90 Å². The zero-order chi connectivity index (χ0) is 16.0. The molecule has 0 heterocycles. The minimum absolute atomic E-state index is 0.163. The second kappa shape index (κ2) is 7.40. The number of amides is 1. The van der Waals surface area contributed by atoms with Gasteiger partial charge in [-0.25, -0.2) is 4.39 Å². The van der Waals surface area contributed by atoms with E-state index in [4.69, 9.17) is 5.73 Å². The van der Waals surface area contributed by atoms with E-state index in [9.17, 15) is 22.4 Å². The van der Waals surface area contributed by atoms with E-state index in [2.05, 4.69) is 0 Å². The summed E-state index contributed by atoms with van der Waals surface area (Å²) in [4.78, 5) is 13.5. The predicted octanol–water partition coefficient (Wildman–Crippen LogP) is 3.05. The van der Waals surface area contributed by atoms with E-state index in [1.807, 2.05) is 6.92 Å². The van der Waals surface area contributed by atoms with Gasteiger partial charge in [0.1, 0.15) is 5.82 Å². The van der Waals surface area contributed by atoms with Gasteiger partial charge in [-0.3, -0.25) is 4.79 Å². The molecule has 1 aromatic carbocycles. The highest BCUT2D eigenvalue weighted by atomic mass is 19.4. The Morgan fingerprint density at radius 2 is 1.95 bits per heavy atom. The first-order valence-electron chi connectivity index (χ1n) is 6.67. The fourth-order valence-corrected chi connectivity index (χ4v) is 1.86. The van der Waals surface area contributed by atoms with Gasteiger partial charge in [-0.15, -0.1) is 0 Å². The van der Waals surface area contributed by atoms with Gasteiger partial charge in [0, 0.05) is 19.6 Å². The normalized spacial score (nSPS) is 11.5. The van der Waals surface area contributed by atoms with Crippen LogP contribution in [0.2, 0.25) is 0 Å². The van der Waals surface area contributed by atoms with Crippen molar-refractivity contribution < 1.29 is 22.4 Å². The number of benzene rings is 1. The number of alkyl halides is 3. The second-order valence-electron chi connectivity index (χ2n) is 4.63. The van der Waals surface area contributed by atoms with Crippen molar-refractivity contribution in [2.45, 2.75) is 25.9 Å². The Hall–Kier alpha value is -1.63. The van der Waals surface area contributed by atoms with Gasteiger partial charge in [0.05, 0.1) is 11.1 Å². The Morgan fingerprint density at radius 3 is 2.48 bits per heavy atom. The molecule has 3 nitrogen and oxygen atoms in total. The molecule has 1 aromatic rings. The highest BCUT2D eigenvalue weighted by Crippen LogP contribution is 2.30. The summed E-state index contributed by atoms with van der Waals surface area (Å²) in [6.45, 7) is 2.59. The average molecular weight is 306 g/mol. The monoisotopic (exact) mass is 306 g/mol. The summed E-state index contributed by atoms with van der Waals surface area (Å²) < 4.78 is 51.6. The highest BCUT2D eigenvalue weighted by molar-refractivity contribution is 5.94. The standard InChI is InChI=1S/C14H18F4N2O/c1-2-3-7-20(8-6-19)13(21)11-9-10(14(16,17)18)4-5-12(11)15/h4-5,9H,2-3,6-8,19H2,1H3. The molecule has 21 heavy (non-hydrogen) atoms. The van der Waals surface area contributed by atoms with Crippen LogP contribution in [0, 0.1) is 5.82 Å². The molecule has 0 aliphatic heterocycles. The molecule has 0 aliphatic carbocycles. The lowest BCUT2D eigenvalue weighted by Crippen LogP contribution is -2.36. The van der Waals surface area contributed by atoms with E-state index < -0.39 is 29.0 Å². The van der Waals surface area contributed by atoms with Crippen LogP contribution < -0.4 is 5.73 Å². The van der Waals surface area contributed by atoms with E-state index in [1.54, 1.807) is 0 Å². The number of nitrogens with two attached hydrogens (primary N) is 1. The summed E-state index contributed by atoms with van der Waals surface area (Å²) >= 11 is 0. The van der Waals surface area contributed by atoms with Crippen LogP contribution in [0.15, 0.2) is 18.2 Å². The van der Waals surface area contributed by atoms with Gasteiger partial charge in [-0.1, -0.05) is 13.3 Å². The van der Waals surface area contributed by atoms with E-state index >= 15 is 0 Å². The molecule has 0 saturated carbocycles. The van der Waals surface area contributed by atoms with Crippen LogP contribution in [0.3, 0.4) is 0 Å². The van der Waals surface area contributed by atoms with E-state index in [1.165, 1.54) is 4.90 Å². The molecular formula is C14H18F4N2O. The molecule has 0 saturated heterocycles. The number of nitrogens with zero attached hydrogens (tertiary/aromatic N) is 1. The Labute approximate surface area is 120 Å². The van der Waals surface area contributed by atoms with E-state index in [0.29, 0.717) is 31.2 Å². The number of rotatable bonds is 6. The lowest BCUT2D eigenvalue weighted by Gasteiger charge is -2.22. The van der Waals surface area contributed by atoms with Crippen LogP contribution >= 0.6 is 0 Å². The van der Waals surface area contributed by atoms with Crippen molar-refractivity contribution in [3.8, 4) is 0 Å². The van der Waals surface area contributed by atoms with Gasteiger partial charge in [0.25, 0.3) is 5.91 Å². The molecule has 0 atom stereocenters. The predicted molar refractivity (Wildman–Crippen MR) is 71.3 cm³/mol. The fourth-order valence-electron chi connectivity index (χ4n) is 1.86. The second-order valence-corrected chi connectivity index (χ2v) is 4.63. The minimum atomic E-state index is -4.62. The van der Waals surface area contributed by atoms with Crippen LogP contribution in [0.5, 0.6) is 0 Å². The number of carbonyl (C=O) groups excluding carboxylic acids is 1. The topological polar surface area (TPSA) is 46.3 Å². The van der Waals surface area contributed by atoms with E-state index in [-0.39, 0.29) is 13.1 Å². The first-order valence-corrected chi connectivity index (χ1v) is 6.67. The number of hydrogen-bond acceptors (Lipinski definition) is 2. The molecule has 0 bridgehead atoms. The largest absolute Gasteiger partial charge is 0.416 e. The Morgan fingerprint density at radius 1 is 1.29 bits per heavy atom. The highest BCUT2D eigenvalue weighted by Gasteiger charge is 2.32. The molecule has 0 unspecified atom stereocenters. The molecular weight excluding hydrogens is 288 g/mol. The minimum Gasteiger partial charge on any atom is -0.337 e. The smallest absolute Gasteiger partial charge is 0.337 e. The molecule has 0 fully saturated rings. The van der Waals surface area contributed by atoms with Gasteiger partial charge in [0.15, 0.2) is 0 Å². The third-order valence-electron chi connectivity index (χ3n) is 2.99. The quantitative estimate of drug-likeness (QED) is 0.821. The van der Waals surface area contributed by atoms with Gasteiger partial charge in [-0.2, -0.15) is 13.2 Å². The molecule has 0 aromatic heterocycles. The maximum atomic E-state index is 13.7. The third kappa shape index (κ3) is 4.70. The molecule has 118 valence electrons. The summed E-state index contributed by atoms with van der Waals surface area (Å²) in [6, 6.07) is 1.83. The maximum absolute atomic E-state index is 13.7. The number of carbonyl (C=O) groups is 1. The van der Waals surface area contributed by atoms with Gasteiger partial charge in [-0.05, 0) is 24.6 Å². The molecule has 1 rings (SSSR count). The lowest BCUT2D eigenvalue weighted by molar-refractivity contribution is -0.137. The van der Waals surface area contributed by atoms with Crippen LogP contribution in [0.25, 0.3) is 0 Å². The number of halogens is 4. The van der Waals surface area contributed by atoms with Gasteiger partial charge < -0.3 is 10.6 Å². The van der Waals surface area contributed by atoms with Crippen molar-refractivity contribution in [2.75, 3.05) is 19.6 Å². The lowest BCUT2D eigenvalue weighted by atomic mass is 10.1. The third-order valence-corrected chi connectivity index (χ3v) is 2.99. The number of unbranched alkanes of at least 4 members (excludes halogenated alkanes) is 1. The summed E-state index contributed by atoms with van der Waals surface area (Å²) in [5.74, 6) is -1.73. The van der Waals surface area contributed by atoms with Gasteiger partial charge >= 0.3 is 6.18 Å². The first kappa shape index (κ1) is 17.4. The van der Waals surface area contributed by atoms with Crippen molar-refractivity contribution >= 4 is 5.91 Å². The SMILES string of the molecule is CCCCN(CCN)C(=O)c1cc(C(F)(F)F)ccc1F. The van der Waals surface area contributed by atoms with Crippen molar-refractivity contribution in [3.63, 3.8) is 0 Å². The Balaban J connectivity index is 3.08. The summed E-state index contributed by atoms with van der Waals surface area (Å²) in [5, 5.41) is 0. The van der Waals surface area contributed by atoms with Crippen LogP contribution in [0.1, 0.15) is 35.7 Å². The molecule has 2 N–H and O–H groups in total. The van der Waals surface area contributed by atoms with Crippen molar-refractivity contribution in [3.05, 3.63) is 35.1 Å². The van der Waals surface area contributed by atoms with Gasteiger partial charge in [0.2, 0.25) is 0 Å². The first-order chi connectivity index (χ1) is 9.81. The average Bonchev–Trinajstić information content (AvgIpc) is 2.42. The Bertz CT molecular complexity index is 488. The Kier molecular flexibility index (Phi) is 6.14. The van der Waals surface area contributed by atoms with Crippen molar-refractivity contribution in [1.29, 1.82) is 0 Å². The van der Waals surface area contributed by atoms with E-state index in [0.717, 1.165) is 6.42 Å². The maximum Gasteiger partial charge on any atom is 0.416 e. The summed E-state index contributed by atoms with van der Waals surface area (Å²) in [6.07, 6.45) is -3.14. The summed E-state index contributed by atoms with van der Waals surface area (Å²) in [5.41, 5.74) is 3.77. The summed E-state index contributed by atoms with van der Waals surface area (Å²) in [7, 11) is 0. The number of hydrogen-bond donors (Lipinski definition) is 1. The molecule has 0 aliphatic rings. The van der Waals surface area contributed by atoms with Crippen LogP contribution in [-0.4, -0.2) is 30.4 Å².